The quantitative estimate of drug-likeness (QED) is 0.851. The maximum absolute atomic E-state index is 3.88. The fraction of sp³-hybridized carbons (Fsp3) is 0.667. The van der Waals surface area contributed by atoms with E-state index >= 15 is 0 Å². The average Bonchev–Trinajstić information content (AvgIpc) is 2.43. The van der Waals surface area contributed by atoms with Crippen molar-refractivity contribution in [1.29, 1.82) is 0 Å². The third-order valence-corrected chi connectivity index (χ3v) is 6.40. The number of fused-ring (bicyclic) bond motifs is 2. The maximum atomic E-state index is 3.88. The Balaban J connectivity index is 1.78. The standard InChI is InChI=1S/C18H27BrN2/c1-12(2)21-10-14-7-5-8-15(11-21)18(14)20-16-9-4-6-13(3)17(16)19/h4,6,9,12,14-15,18,20H,5,7-8,10-11H2,1-3H3. The second kappa shape index (κ2) is 6.29. The first-order valence-corrected chi connectivity index (χ1v) is 9.11. The first-order valence-electron chi connectivity index (χ1n) is 8.32. The van der Waals surface area contributed by atoms with E-state index in [-0.39, 0.29) is 0 Å². The van der Waals surface area contributed by atoms with Gasteiger partial charge in [0.2, 0.25) is 0 Å². The van der Waals surface area contributed by atoms with Crippen LogP contribution in [0, 0.1) is 18.8 Å². The van der Waals surface area contributed by atoms with Crippen molar-refractivity contribution >= 4 is 21.6 Å². The minimum atomic E-state index is 0.645. The van der Waals surface area contributed by atoms with Gasteiger partial charge in [-0.05, 0) is 73.0 Å². The van der Waals surface area contributed by atoms with Crippen LogP contribution in [0.2, 0.25) is 0 Å². The molecule has 0 spiro atoms. The molecule has 1 heterocycles. The second-order valence-corrected chi connectivity index (χ2v) is 7.90. The molecule has 2 atom stereocenters. The molecular weight excluding hydrogens is 324 g/mol. The zero-order chi connectivity index (χ0) is 15.0. The molecule has 2 fully saturated rings. The predicted octanol–water partition coefficient (Wildman–Crippen LogP) is 4.68. The highest BCUT2D eigenvalue weighted by Gasteiger charge is 2.40. The molecule has 2 unspecified atom stereocenters. The highest BCUT2D eigenvalue weighted by molar-refractivity contribution is 9.10. The van der Waals surface area contributed by atoms with Gasteiger partial charge in [0.15, 0.2) is 0 Å². The van der Waals surface area contributed by atoms with E-state index in [0.29, 0.717) is 12.1 Å². The van der Waals surface area contributed by atoms with Gasteiger partial charge >= 0.3 is 0 Å². The Labute approximate surface area is 137 Å². The molecule has 1 N–H and O–H groups in total. The number of nitrogens with one attached hydrogen (secondary N) is 1. The Morgan fingerprint density at radius 2 is 1.86 bits per heavy atom. The zero-order valence-corrected chi connectivity index (χ0v) is 15.0. The summed E-state index contributed by atoms with van der Waals surface area (Å²) < 4.78 is 1.23. The van der Waals surface area contributed by atoms with Crippen molar-refractivity contribution < 1.29 is 0 Å². The Morgan fingerprint density at radius 1 is 1.19 bits per heavy atom. The number of anilines is 1. The smallest absolute Gasteiger partial charge is 0.0489 e. The Kier molecular flexibility index (Phi) is 4.60. The van der Waals surface area contributed by atoms with E-state index in [1.54, 1.807) is 0 Å². The summed E-state index contributed by atoms with van der Waals surface area (Å²) in [4.78, 5) is 2.68. The molecule has 2 nitrogen and oxygen atoms in total. The third kappa shape index (κ3) is 3.14. The molecule has 1 saturated heterocycles. The molecule has 2 bridgehead atoms. The van der Waals surface area contributed by atoms with Crippen LogP contribution in [-0.4, -0.2) is 30.1 Å². The minimum Gasteiger partial charge on any atom is -0.381 e. The SMILES string of the molecule is Cc1cccc(NC2C3CCCC2CN(C(C)C)C3)c1Br. The zero-order valence-electron chi connectivity index (χ0n) is 13.4. The van der Waals surface area contributed by atoms with Crippen molar-refractivity contribution in [3.8, 4) is 0 Å². The summed E-state index contributed by atoms with van der Waals surface area (Å²) in [6.45, 7) is 9.35. The van der Waals surface area contributed by atoms with Crippen LogP contribution in [0.5, 0.6) is 0 Å². The number of nitrogens with zero attached hydrogens (tertiary/aromatic N) is 1. The highest BCUT2D eigenvalue weighted by atomic mass is 79.9. The van der Waals surface area contributed by atoms with Crippen molar-refractivity contribution in [2.45, 2.75) is 52.1 Å². The highest BCUT2D eigenvalue weighted by Crippen LogP contribution is 2.38. The number of rotatable bonds is 3. The van der Waals surface area contributed by atoms with E-state index in [1.165, 1.54) is 48.1 Å². The van der Waals surface area contributed by atoms with Crippen LogP contribution in [0.15, 0.2) is 22.7 Å². The topological polar surface area (TPSA) is 15.3 Å². The summed E-state index contributed by atoms with van der Waals surface area (Å²) in [6, 6.07) is 7.85. The Morgan fingerprint density at radius 3 is 2.48 bits per heavy atom. The monoisotopic (exact) mass is 350 g/mol. The van der Waals surface area contributed by atoms with Crippen molar-refractivity contribution in [1.82, 2.24) is 4.90 Å². The number of likely N-dealkylation sites (tertiary alicyclic amines) is 1. The fourth-order valence-corrected chi connectivity index (χ4v) is 4.45. The summed E-state index contributed by atoms with van der Waals surface area (Å²) in [6.07, 6.45) is 4.16. The van der Waals surface area contributed by atoms with Gasteiger partial charge in [-0.3, -0.25) is 0 Å². The molecule has 3 rings (SSSR count). The van der Waals surface area contributed by atoms with Gasteiger partial charge in [0.1, 0.15) is 0 Å². The van der Waals surface area contributed by atoms with Crippen LogP contribution < -0.4 is 5.32 Å². The molecule has 3 heteroatoms. The van der Waals surface area contributed by atoms with Crippen LogP contribution in [0.1, 0.15) is 38.7 Å². The molecule has 116 valence electrons. The van der Waals surface area contributed by atoms with Gasteiger partial charge in [-0.15, -0.1) is 0 Å². The number of piperidine rings is 1. The number of halogens is 1. The molecule has 0 aromatic heterocycles. The van der Waals surface area contributed by atoms with E-state index in [9.17, 15) is 0 Å². The fourth-order valence-electron chi connectivity index (χ4n) is 4.07. The van der Waals surface area contributed by atoms with Crippen LogP contribution in [-0.2, 0) is 0 Å². The van der Waals surface area contributed by atoms with E-state index in [0.717, 1.165) is 11.8 Å². The number of hydrogen-bond donors (Lipinski definition) is 1. The predicted molar refractivity (Wildman–Crippen MR) is 93.8 cm³/mol. The summed E-state index contributed by atoms with van der Waals surface area (Å²) >= 11 is 3.75. The summed E-state index contributed by atoms with van der Waals surface area (Å²) in [5.74, 6) is 1.60. The van der Waals surface area contributed by atoms with Gasteiger partial charge in [0.25, 0.3) is 0 Å². The Hall–Kier alpha value is -0.540. The van der Waals surface area contributed by atoms with Crippen LogP contribution in [0.25, 0.3) is 0 Å². The lowest BCUT2D eigenvalue weighted by Crippen LogP contribution is -2.56. The van der Waals surface area contributed by atoms with Crippen molar-refractivity contribution in [3.05, 3.63) is 28.2 Å². The van der Waals surface area contributed by atoms with Crippen molar-refractivity contribution in [2.24, 2.45) is 11.8 Å². The molecule has 1 aromatic rings. The second-order valence-electron chi connectivity index (χ2n) is 7.11. The normalized spacial score (nSPS) is 29.7. The van der Waals surface area contributed by atoms with E-state index in [4.69, 9.17) is 0 Å². The van der Waals surface area contributed by atoms with Crippen molar-refractivity contribution in [3.63, 3.8) is 0 Å². The molecule has 2 aliphatic rings. The van der Waals surface area contributed by atoms with Gasteiger partial charge in [0.05, 0.1) is 0 Å². The van der Waals surface area contributed by atoms with E-state index < -0.39 is 0 Å². The van der Waals surface area contributed by atoms with Gasteiger partial charge in [-0.1, -0.05) is 18.6 Å². The average molecular weight is 351 g/mol. The molecular formula is C18H27BrN2. The van der Waals surface area contributed by atoms with Gasteiger partial charge in [-0.25, -0.2) is 0 Å². The largest absolute Gasteiger partial charge is 0.381 e. The summed E-state index contributed by atoms with van der Waals surface area (Å²) in [5.41, 5.74) is 2.58. The first kappa shape index (κ1) is 15.4. The lowest BCUT2D eigenvalue weighted by Gasteiger charge is -2.49. The van der Waals surface area contributed by atoms with Crippen LogP contribution in [0.4, 0.5) is 5.69 Å². The number of hydrogen-bond acceptors (Lipinski definition) is 2. The number of aryl methyl sites for hydroxylation is 1. The summed E-state index contributed by atoms with van der Waals surface area (Å²) in [5, 5.41) is 3.88. The van der Waals surface area contributed by atoms with Gasteiger partial charge < -0.3 is 10.2 Å². The van der Waals surface area contributed by atoms with E-state index in [2.05, 4.69) is 65.1 Å². The molecule has 1 aromatic carbocycles. The maximum Gasteiger partial charge on any atom is 0.0489 e. The van der Waals surface area contributed by atoms with Crippen LogP contribution in [0.3, 0.4) is 0 Å². The molecule has 0 radical (unpaired) electrons. The van der Waals surface area contributed by atoms with E-state index in [1.807, 2.05) is 0 Å². The third-order valence-electron chi connectivity index (χ3n) is 5.35. The molecule has 1 aliphatic carbocycles. The molecule has 1 saturated carbocycles. The van der Waals surface area contributed by atoms with Gasteiger partial charge in [0, 0.05) is 35.3 Å². The number of benzene rings is 1. The molecule has 1 aliphatic heterocycles. The first-order chi connectivity index (χ1) is 10.1. The molecule has 0 amide bonds. The lowest BCUT2D eigenvalue weighted by molar-refractivity contribution is 0.0518. The van der Waals surface area contributed by atoms with Crippen LogP contribution >= 0.6 is 15.9 Å². The molecule has 21 heavy (non-hydrogen) atoms. The lowest BCUT2D eigenvalue weighted by atomic mass is 9.73. The summed E-state index contributed by atoms with van der Waals surface area (Å²) in [7, 11) is 0. The minimum absolute atomic E-state index is 0.645. The Bertz CT molecular complexity index is 486. The van der Waals surface area contributed by atoms with Crippen molar-refractivity contribution in [2.75, 3.05) is 18.4 Å². The van der Waals surface area contributed by atoms with Gasteiger partial charge in [-0.2, -0.15) is 0 Å².